The zero-order valence-corrected chi connectivity index (χ0v) is 18.2. The van der Waals surface area contributed by atoms with Gasteiger partial charge in [-0.2, -0.15) is 5.10 Å². The number of carbonyl (C=O) groups excluding carboxylic acids is 1. The van der Waals surface area contributed by atoms with Crippen LogP contribution in [0.25, 0.3) is 5.69 Å². The molecule has 0 saturated heterocycles. The standard InChI is InChI=1S/C24H27N3OS/c1-17-10-11-23(18(2)12-17)27-19(3)13-22(20(27)4)14-25-26-24(28)16-29-15-21-8-6-5-7-9-21/h5-14H,15-16H2,1-4H3,(H,26,28). The second kappa shape index (κ2) is 9.61. The lowest BCUT2D eigenvalue weighted by Gasteiger charge is -2.13. The molecule has 0 aliphatic heterocycles. The first-order valence-corrected chi connectivity index (χ1v) is 10.8. The number of carbonyl (C=O) groups is 1. The van der Waals surface area contributed by atoms with Crippen molar-refractivity contribution in [3.63, 3.8) is 0 Å². The fraction of sp³-hybridized carbons (Fsp3) is 0.250. The van der Waals surface area contributed by atoms with Gasteiger partial charge in [-0.3, -0.25) is 4.79 Å². The molecule has 0 fully saturated rings. The van der Waals surface area contributed by atoms with Crippen LogP contribution in [0.2, 0.25) is 0 Å². The number of thioether (sulfide) groups is 1. The summed E-state index contributed by atoms with van der Waals surface area (Å²) in [6.45, 7) is 8.39. The summed E-state index contributed by atoms with van der Waals surface area (Å²) in [6.07, 6.45) is 1.72. The predicted molar refractivity (Wildman–Crippen MR) is 123 cm³/mol. The van der Waals surface area contributed by atoms with Crippen LogP contribution in [0.4, 0.5) is 0 Å². The number of amides is 1. The van der Waals surface area contributed by atoms with Crippen molar-refractivity contribution in [3.8, 4) is 5.69 Å². The fourth-order valence-electron chi connectivity index (χ4n) is 3.39. The molecule has 0 aliphatic carbocycles. The van der Waals surface area contributed by atoms with Crippen LogP contribution in [-0.4, -0.2) is 22.4 Å². The average Bonchev–Trinajstić information content (AvgIpc) is 2.96. The highest BCUT2D eigenvalue weighted by atomic mass is 32.2. The van der Waals surface area contributed by atoms with Crippen molar-refractivity contribution in [2.24, 2.45) is 5.10 Å². The number of hydrazone groups is 1. The molecule has 5 heteroatoms. The average molecular weight is 406 g/mol. The minimum absolute atomic E-state index is 0.0923. The third kappa shape index (κ3) is 5.39. The van der Waals surface area contributed by atoms with Crippen molar-refractivity contribution in [3.05, 3.63) is 88.2 Å². The second-order valence-corrected chi connectivity index (χ2v) is 8.21. The molecule has 1 N–H and O–H groups in total. The summed E-state index contributed by atoms with van der Waals surface area (Å²) in [5, 5.41) is 4.16. The number of rotatable bonds is 7. The number of benzene rings is 2. The first-order chi connectivity index (χ1) is 14.0. The first-order valence-electron chi connectivity index (χ1n) is 9.66. The van der Waals surface area contributed by atoms with Gasteiger partial charge in [-0.25, -0.2) is 5.43 Å². The second-order valence-electron chi connectivity index (χ2n) is 7.22. The number of nitrogens with zero attached hydrogens (tertiary/aromatic N) is 2. The van der Waals surface area contributed by atoms with Gasteiger partial charge in [0.25, 0.3) is 0 Å². The number of aromatic nitrogens is 1. The van der Waals surface area contributed by atoms with Crippen molar-refractivity contribution in [2.75, 3.05) is 5.75 Å². The van der Waals surface area contributed by atoms with E-state index in [-0.39, 0.29) is 5.91 Å². The number of nitrogens with one attached hydrogen (secondary N) is 1. The fourth-order valence-corrected chi connectivity index (χ4v) is 4.17. The summed E-state index contributed by atoms with van der Waals surface area (Å²) in [7, 11) is 0. The molecule has 0 spiro atoms. The van der Waals surface area contributed by atoms with Crippen LogP contribution in [0, 0.1) is 27.7 Å². The van der Waals surface area contributed by atoms with E-state index >= 15 is 0 Å². The van der Waals surface area contributed by atoms with E-state index < -0.39 is 0 Å². The Kier molecular flexibility index (Phi) is 6.94. The smallest absolute Gasteiger partial charge is 0.250 e. The molecular formula is C24H27N3OS. The third-order valence-electron chi connectivity index (χ3n) is 4.80. The monoisotopic (exact) mass is 405 g/mol. The van der Waals surface area contributed by atoms with Crippen molar-refractivity contribution < 1.29 is 4.79 Å². The van der Waals surface area contributed by atoms with Gasteiger partial charge in [0, 0.05) is 28.4 Å². The van der Waals surface area contributed by atoms with E-state index in [0.717, 1.165) is 22.7 Å². The van der Waals surface area contributed by atoms with E-state index in [9.17, 15) is 4.79 Å². The summed E-state index contributed by atoms with van der Waals surface area (Å²) in [5.74, 6) is 1.11. The Morgan fingerprint density at radius 3 is 2.55 bits per heavy atom. The zero-order chi connectivity index (χ0) is 20.8. The topological polar surface area (TPSA) is 46.4 Å². The Labute approximate surface area is 177 Å². The van der Waals surface area contributed by atoms with Crippen molar-refractivity contribution in [2.45, 2.75) is 33.4 Å². The van der Waals surface area contributed by atoms with Gasteiger partial charge in [0.05, 0.1) is 12.0 Å². The first kappa shape index (κ1) is 20.9. The highest BCUT2D eigenvalue weighted by Gasteiger charge is 2.11. The SMILES string of the molecule is Cc1ccc(-n2c(C)cc(C=NNC(=O)CSCc3ccccc3)c2C)c(C)c1. The van der Waals surface area contributed by atoms with E-state index in [1.54, 1.807) is 18.0 Å². The van der Waals surface area contributed by atoms with Crippen LogP contribution in [0.3, 0.4) is 0 Å². The molecule has 4 nitrogen and oxygen atoms in total. The highest BCUT2D eigenvalue weighted by Crippen LogP contribution is 2.23. The molecule has 1 aromatic heterocycles. The van der Waals surface area contributed by atoms with Gasteiger partial charge < -0.3 is 4.57 Å². The lowest BCUT2D eigenvalue weighted by molar-refractivity contribution is -0.118. The van der Waals surface area contributed by atoms with E-state index in [4.69, 9.17) is 0 Å². The molecule has 0 aliphatic rings. The minimum atomic E-state index is -0.0923. The van der Waals surface area contributed by atoms with E-state index in [1.807, 2.05) is 18.2 Å². The van der Waals surface area contributed by atoms with Gasteiger partial charge in [0.2, 0.25) is 5.91 Å². The number of aryl methyl sites for hydroxylation is 3. The molecule has 3 aromatic rings. The molecule has 1 heterocycles. The van der Waals surface area contributed by atoms with Crippen LogP contribution in [-0.2, 0) is 10.5 Å². The van der Waals surface area contributed by atoms with Gasteiger partial charge in [-0.15, -0.1) is 11.8 Å². The van der Waals surface area contributed by atoms with Crippen LogP contribution in [0.15, 0.2) is 59.7 Å². The maximum atomic E-state index is 12.0. The molecule has 0 bridgehead atoms. The minimum Gasteiger partial charge on any atom is -0.318 e. The van der Waals surface area contributed by atoms with E-state index in [1.165, 1.54) is 22.4 Å². The summed E-state index contributed by atoms with van der Waals surface area (Å²) in [4.78, 5) is 12.0. The molecule has 0 unspecified atom stereocenters. The summed E-state index contributed by atoms with van der Waals surface area (Å²) < 4.78 is 2.23. The molecule has 1 amide bonds. The van der Waals surface area contributed by atoms with Gasteiger partial charge in [0.15, 0.2) is 0 Å². The Morgan fingerprint density at radius 2 is 1.83 bits per heavy atom. The van der Waals surface area contributed by atoms with Gasteiger partial charge >= 0.3 is 0 Å². The molecule has 0 radical (unpaired) electrons. The van der Waals surface area contributed by atoms with E-state index in [2.05, 4.69) is 79.2 Å². The lowest BCUT2D eigenvalue weighted by atomic mass is 10.1. The predicted octanol–water partition coefficient (Wildman–Crippen LogP) is 5.09. The van der Waals surface area contributed by atoms with Crippen LogP contribution in [0.5, 0.6) is 0 Å². The number of hydrogen-bond acceptors (Lipinski definition) is 3. The third-order valence-corrected chi connectivity index (χ3v) is 5.80. The molecule has 0 saturated carbocycles. The number of hydrogen-bond donors (Lipinski definition) is 1. The molecule has 0 atom stereocenters. The molecular weight excluding hydrogens is 378 g/mol. The maximum absolute atomic E-state index is 12.0. The Bertz CT molecular complexity index is 1020. The van der Waals surface area contributed by atoms with Gasteiger partial charge in [-0.1, -0.05) is 48.0 Å². The molecule has 150 valence electrons. The lowest BCUT2D eigenvalue weighted by Crippen LogP contribution is -2.19. The van der Waals surface area contributed by atoms with Gasteiger partial charge in [-0.05, 0) is 51.0 Å². The van der Waals surface area contributed by atoms with Crippen LogP contribution >= 0.6 is 11.8 Å². The van der Waals surface area contributed by atoms with Gasteiger partial charge in [0.1, 0.15) is 0 Å². The van der Waals surface area contributed by atoms with Crippen LogP contribution in [0.1, 0.15) is 33.6 Å². The Morgan fingerprint density at radius 1 is 1.07 bits per heavy atom. The zero-order valence-electron chi connectivity index (χ0n) is 17.4. The quantitative estimate of drug-likeness (QED) is 0.439. The normalized spacial score (nSPS) is 11.2. The van der Waals surface area contributed by atoms with Crippen LogP contribution < -0.4 is 5.43 Å². The summed E-state index contributed by atoms with van der Waals surface area (Å²) in [6, 6.07) is 18.7. The summed E-state index contributed by atoms with van der Waals surface area (Å²) >= 11 is 1.58. The highest BCUT2D eigenvalue weighted by molar-refractivity contribution is 7.99. The molecule has 29 heavy (non-hydrogen) atoms. The van der Waals surface area contributed by atoms with E-state index in [0.29, 0.717) is 5.75 Å². The van der Waals surface area contributed by atoms with Crippen molar-refractivity contribution >= 4 is 23.9 Å². The van der Waals surface area contributed by atoms with Crippen molar-refractivity contribution in [1.82, 2.24) is 9.99 Å². The largest absolute Gasteiger partial charge is 0.318 e. The summed E-state index contributed by atoms with van der Waals surface area (Å²) in [5.41, 5.74) is 10.8. The maximum Gasteiger partial charge on any atom is 0.250 e. The van der Waals surface area contributed by atoms with Crippen molar-refractivity contribution in [1.29, 1.82) is 0 Å². The Balaban J connectivity index is 1.60. The Hall–Kier alpha value is -2.79. The molecule has 3 rings (SSSR count). The molecule has 2 aromatic carbocycles.